The van der Waals surface area contributed by atoms with E-state index < -0.39 is 23.3 Å². The van der Waals surface area contributed by atoms with Gasteiger partial charge in [-0.1, -0.05) is 0 Å². The fourth-order valence-corrected chi connectivity index (χ4v) is 1.20. The summed E-state index contributed by atoms with van der Waals surface area (Å²) in [6.45, 7) is 3.03. The lowest BCUT2D eigenvalue weighted by atomic mass is 10.1. The Morgan fingerprint density at radius 3 is 2.56 bits per heavy atom. The molecular weight excluding hydrogens is 215 g/mol. The van der Waals surface area contributed by atoms with Crippen molar-refractivity contribution in [1.29, 1.82) is 0 Å². The van der Waals surface area contributed by atoms with Crippen molar-refractivity contribution in [3.05, 3.63) is 29.1 Å². The van der Waals surface area contributed by atoms with Gasteiger partial charge in [0.05, 0.1) is 6.61 Å². The molecule has 86 valence electrons. The number of Topliss-reactive ketones (excluding diaryl/α,β-unsaturated/α-hetero) is 1. The molecule has 5 heteroatoms. The van der Waals surface area contributed by atoms with Crippen molar-refractivity contribution in [2.24, 2.45) is 0 Å². The molecule has 0 fully saturated rings. The SMILES string of the molecule is CCOC(=O)C(=O)c1cc(C)c(F)c(O)c1. The van der Waals surface area contributed by atoms with Gasteiger partial charge in [-0.05, 0) is 31.5 Å². The van der Waals surface area contributed by atoms with Crippen molar-refractivity contribution >= 4 is 11.8 Å². The number of hydrogen-bond acceptors (Lipinski definition) is 4. The van der Waals surface area contributed by atoms with Crippen molar-refractivity contribution in [3.63, 3.8) is 0 Å². The fourth-order valence-electron chi connectivity index (χ4n) is 1.20. The maximum atomic E-state index is 13.0. The number of phenolic OH excluding ortho intramolecular Hbond substituents is 1. The average Bonchev–Trinajstić information content (AvgIpc) is 2.24. The van der Waals surface area contributed by atoms with Gasteiger partial charge in [-0.3, -0.25) is 4.79 Å². The maximum Gasteiger partial charge on any atom is 0.379 e. The Morgan fingerprint density at radius 2 is 2.06 bits per heavy atom. The lowest BCUT2D eigenvalue weighted by Gasteiger charge is -2.04. The molecule has 0 spiro atoms. The summed E-state index contributed by atoms with van der Waals surface area (Å²) in [6.07, 6.45) is 0. The molecule has 1 aromatic rings. The molecule has 4 nitrogen and oxygen atoms in total. The summed E-state index contributed by atoms with van der Waals surface area (Å²) in [6, 6.07) is 2.09. The summed E-state index contributed by atoms with van der Waals surface area (Å²) in [7, 11) is 0. The van der Waals surface area contributed by atoms with Gasteiger partial charge < -0.3 is 9.84 Å². The lowest BCUT2D eigenvalue weighted by molar-refractivity contribution is -0.137. The molecule has 0 aromatic heterocycles. The van der Waals surface area contributed by atoms with Crippen LogP contribution in [0.4, 0.5) is 4.39 Å². The van der Waals surface area contributed by atoms with E-state index in [-0.39, 0.29) is 17.7 Å². The molecule has 0 unspecified atom stereocenters. The van der Waals surface area contributed by atoms with E-state index in [2.05, 4.69) is 4.74 Å². The fraction of sp³-hybridized carbons (Fsp3) is 0.273. The first kappa shape index (κ1) is 12.2. The summed E-state index contributed by atoms with van der Waals surface area (Å²) < 4.78 is 17.6. The number of ether oxygens (including phenoxy) is 1. The summed E-state index contributed by atoms with van der Waals surface area (Å²) in [5.41, 5.74) is 0.00231. The van der Waals surface area contributed by atoms with E-state index in [1.165, 1.54) is 13.0 Å². The van der Waals surface area contributed by atoms with Crippen LogP contribution in [0.1, 0.15) is 22.8 Å². The van der Waals surface area contributed by atoms with Gasteiger partial charge in [-0.2, -0.15) is 0 Å². The van der Waals surface area contributed by atoms with Crippen LogP contribution in [0.25, 0.3) is 0 Å². The zero-order valence-electron chi connectivity index (χ0n) is 8.91. The zero-order chi connectivity index (χ0) is 12.3. The van der Waals surface area contributed by atoms with Crippen LogP contribution in [0.5, 0.6) is 5.75 Å². The van der Waals surface area contributed by atoms with Gasteiger partial charge in [-0.15, -0.1) is 0 Å². The van der Waals surface area contributed by atoms with Gasteiger partial charge in [0.15, 0.2) is 11.6 Å². The van der Waals surface area contributed by atoms with Gasteiger partial charge >= 0.3 is 5.97 Å². The Hall–Kier alpha value is -1.91. The van der Waals surface area contributed by atoms with Crippen molar-refractivity contribution < 1.29 is 23.8 Å². The van der Waals surface area contributed by atoms with E-state index in [1.54, 1.807) is 6.92 Å². The minimum atomic E-state index is -1.02. The number of carbonyl (C=O) groups excluding carboxylic acids is 2. The smallest absolute Gasteiger partial charge is 0.379 e. The highest BCUT2D eigenvalue weighted by Crippen LogP contribution is 2.21. The molecule has 1 N–H and O–H groups in total. The largest absolute Gasteiger partial charge is 0.505 e. The summed E-state index contributed by atoms with van der Waals surface area (Å²) >= 11 is 0. The van der Waals surface area contributed by atoms with Gasteiger partial charge in [0, 0.05) is 5.56 Å². The highest BCUT2D eigenvalue weighted by molar-refractivity contribution is 6.40. The Labute approximate surface area is 91.7 Å². The second kappa shape index (κ2) is 4.74. The van der Waals surface area contributed by atoms with E-state index in [0.29, 0.717) is 0 Å². The number of aromatic hydroxyl groups is 1. The molecule has 0 amide bonds. The number of halogens is 1. The molecular formula is C11H11FO4. The summed E-state index contributed by atoms with van der Waals surface area (Å²) in [4.78, 5) is 22.5. The van der Waals surface area contributed by atoms with E-state index in [0.717, 1.165) is 6.07 Å². The normalized spacial score (nSPS) is 9.94. The second-order valence-electron chi connectivity index (χ2n) is 3.18. The van der Waals surface area contributed by atoms with E-state index in [4.69, 9.17) is 5.11 Å². The van der Waals surface area contributed by atoms with Crippen molar-refractivity contribution in [1.82, 2.24) is 0 Å². The predicted molar refractivity (Wildman–Crippen MR) is 53.8 cm³/mol. The first-order chi connectivity index (χ1) is 7.47. The van der Waals surface area contributed by atoms with Crippen LogP contribution in [0.3, 0.4) is 0 Å². The summed E-state index contributed by atoms with van der Waals surface area (Å²) in [5, 5.41) is 9.16. The molecule has 0 radical (unpaired) electrons. The van der Waals surface area contributed by atoms with Gasteiger partial charge in [0.2, 0.25) is 0 Å². The molecule has 0 atom stereocenters. The van der Waals surface area contributed by atoms with E-state index in [1.807, 2.05) is 0 Å². The molecule has 0 aliphatic heterocycles. The Bertz CT molecular complexity index is 417. The molecule has 0 saturated carbocycles. The van der Waals surface area contributed by atoms with Crippen LogP contribution in [-0.2, 0) is 9.53 Å². The van der Waals surface area contributed by atoms with E-state index >= 15 is 0 Å². The van der Waals surface area contributed by atoms with Crippen molar-refractivity contribution in [2.75, 3.05) is 6.61 Å². The number of carbonyl (C=O) groups is 2. The number of benzene rings is 1. The van der Waals surface area contributed by atoms with Crippen LogP contribution in [0.15, 0.2) is 12.1 Å². The minimum absolute atomic E-state index is 0.0801. The number of rotatable bonds is 3. The molecule has 0 aliphatic carbocycles. The molecule has 0 heterocycles. The Balaban J connectivity index is 3.06. The highest BCUT2D eigenvalue weighted by Gasteiger charge is 2.19. The molecule has 0 bridgehead atoms. The summed E-state index contributed by atoms with van der Waals surface area (Å²) in [5.74, 6) is -3.39. The standard InChI is InChI=1S/C11H11FO4/c1-3-16-11(15)10(14)7-4-6(2)9(12)8(13)5-7/h4-5,13H,3H2,1-2H3. The maximum absolute atomic E-state index is 13.0. The number of esters is 1. The topological polar surface area (TPSA) is 63.6 Å². The van der Waals surface area contributed by atoms with Crippen LogP contribution in [0, 0.1) is 12.7 Å². The van der Waals surface area contributed by atoms with E-state index in [9.17, 15) is 14.0 Å². The monoisotopic (exact) mass is 226 g/mol. The molecule has 1 aromatic carbocycles. The number of hydrogen-bond donors (Lipinski definition) is 1. The van der Waals surface area contributed by atoms with Gasteiger partial charge in [-0.25, -0.2) is 9.18 Å². The number of ketones is 1. The number of phenols is 1. The molecule has 1 rings (SSSR count). The zero-order valence-corrected chi connectivity index (χ0v) is 8.91. The van der Waals surface area contributed by atoms with Crippen LogP contribution < -0.4 is 0 Å². The molecule has 16 heavy (non-hydrogen) atoms. The van der Waals surface area contributed by atoms with Gasteiger partial charge in [0.1, 0.15) is 0 Å². The first-order valence-electron chi connectivity index (χ1n) is 4.68. The minimum Gasteiger partial charge on any atom is -0.505 e. The first-order valence-corrected chi connectivity index (χ1v) is 4.68. The lowest BCUT2D eigenvalue weighted by Crippen LogP contribution is -2.17. The second-order valence-corrected chi connectivity index (χ2v) is 3.18. The molecule has 0 aliphatic rings. The third-order valence-corrected chi connectivity index (χ3v) is 1.96. The number of aryl methyl sites for hydroxylation is 1. The third kappa shape index (κ3) is 2.36. The highest BCUT2D eigenvalue weighted by atomic mass is 19.1. The Morgan fingerprint density at radius 1 is 1.44 bits per heavy atom. The van der Waals surface area contributed by atoms with Crippen LogP contribution in [0.2, 0.25) is 0 Å². The third-order valence-electron chi connectivity index (χ3n) is 1.96. The van der Waals surface area contributed by atoms with Gasteiger partial charge in [0.25, 0.3) is 5.78 Å². The average molecular weight is 226 g/mol. The quantitative estimate of drug-likeness (QED) is 0.483. The molecule has 0 saturated heterocycles. The van der Waals surface area contributed by atoms with Crippen LogP contribution >= 0.6 is 0 Å². The predicted octanol–water partition coefficient (Wildman–Crippen LogP) is 1.59. The van der Waals surface area contributed by atoms with Crippen molar-refractivity contribution in [2.45, 2.75) is 13.8 Å². The van der Waals surface area contributed by atoms with Crippen molar-refractivity contribution in [3.8, 4) is 5.75 Å². The van der Waals surface area contributed by atoms with Crippen LogP contribution in [-0.4, -0.2) is 23.5 Å². The Kier molecular flexibility index (Phi) is 3.60.